The highest BCUT2D eigenvalue weighted by atomic mass is 35.5. The van der Waals surface area contributed by atoms with E-state index in [9.17, 15) is 4.79 Å². The van der Waals surface area contributed by atoms with Crippen LogP contribution in [0.5, 0.6) is 0 Å². The predicted molar refractivity (Wildman–Crippen MR) is 72.8 cm³/mol. The van der Waals surface area contributed by atoms with Gasteiger partial charge >= 0.3 is 5.97 Å². The number of fused-ring (bicyclic) bond motifs is 1. The number of aliphatic carboxylic acids is 1. The van der Waals surface area contributed by atoms with E-state index in [1.165, 1.54) is 0 Å². The third-order valence-corrected chi connectivity index (χ3v) is 3.30. The van der Waals surface area contributed by atoms with Gasteiger partial charge < -0.3 is 10.8 Å². The van der Waals surface area contributed by atoms with Gasteiger partial charge in [0, 0.05) is 22.9 Å². The van der Waals surface area contributed by atoms with Crippen LogP contribution in [0.2, 0.25) is 5.02 Å². The molecular formula is C14H14ClNO2. The highest BCUT2D eigenvalue weighted by Crippen LogP contribution is 2.30. The number of carboxylic acid groups (broad SMARTS) is 1. The first-order valence-corrected chi connectivity index (χ1v) is 6.12. The molecule has 0 radical (unpaired) electrons. The van der Waals surface area contributed by atoms with Crippen molar-refractivity contribution in [2.45, 2.75) is 18.9 Å². The molecule has 0 heterocycles. The Kier molecular flexibility index (Phi) is 3.84. The monoisotopic (exact) mass is 263 g/mol. The molecule has 0 saturated carbocycles. The highest BCUT2D eigenvalue weighted by Gasteiger charge is 2.12. The lowest BCUT2D eigenvalue weighted by molar-refractivity contribution is -0.137. The summed E-state index contributed by atoms with van der Waals surface area (Å²) in [6.07, 6.45) is 0.485. The van der Waals surface area contributed by atoms with Crippen LogP contribution in [0.1, 0.15) is 24.4 Å². The third-order valence-electron chi connectivity index (χ3n) is 2.97. The zero-order valence-corrected chi connectivity index (χ0v) is 10.5. The van der Waals surface area contributed by atoms with Gasteiger partial charge in [-0.1, -0.05) is 41.9 Å². The number of halogens is 1. The van der Waals surface area contributed by atoms with Crippen LogP contribution in [0.4, 0.5) is 0 Å². The molecule has 2 aromatic rings. The summed E-state index contributed by atoms with van der Waals surface area (Å²) in [5.74, 6) is -0.830. The average Bonchev–Trinajstić information content (AvgIpc) is 2.37. The molecule has 4 heteroatoms. The molecule has 0 bridgehead atoms. The van der Waals surface area contributed by atoms with Crippen LogP contribution in [0.25, 0.3) is 10.8 Å². The van der Waals surface area contributed by atoms with Crippen molar-refractivity contribution >= 4 is 28.3 Å². The maximum absolute atomic E-state index is 10.6. The van der Waals surface area contributed by atoms with E-state index in [0.29, 0.717) is 11.4 Å². The van der Waals surface area contributed by atoms with Crippen molar-refractivity contribution in [2.24, 2.45) is 5.73 Å². The molecule has 94 valence electrons. The highest BCUT2D eigenvalue weighted by molar-refractivity contribution is 6.35. The van der Waals surface area contributed by atoms with E-state index in [2.05, 4.69) is 0 Å². The molecule has 3 N–H and O–H groups in total. The van der Waals surface area contributed by atoms with Gasteiger partial charge in [0.2, 0.25) is 0 Å². The average molecular weight is 264 g/mol. The van der Waals surface area contributed by atoms with Gasteiger partial charge in [-0.25, -0.2) is 0 Å². The minimum absolute atomic E-state index is 0.0676. The van der Waals surface area contributed by atoms with Gasteiger partial charge in [-0.15, -0.1) is 0 Å². The largest absolute Gasteiger partial charge is 0.481 e. The molecule has 2 aromatic carbocycles. The molecule has 0 saturated heterocycles. The van der Waals surface area contributed by atoms with E-state index in [-0.39, 0.29) is 12.5 Å². The van der Waals surface area contributed by atoms with E-state index in [4.69, 9.17) is 22.4 Å². The van der Waals surface area contributed by atoms with Crippen LogP contribution in [0.3, 0.4) is 0 Å². The third kappa shape index (κ3) is 2.63. The first-order chi connectivity index (χ1) is 8.59. The Morgan fingerprint density at radius 3 is 2.56 bits per heavy atom. The van der Waals surface area contributed by atoms with Gasteiger partial charge in [0.05, 0.1) is 0 Å². The standard InChI is InChI=1S/C14H14ClNO2/c15-12-6-5-11(13(16)7-8-14(17)18)9-3-1-2-4-10(9)12/h1-6,13H,7-8,16H2,(H,17,18). The lowest BCUT2D eigenvalue weighted by Crippen LogP contribution is -2.12. The van der Waals surface area contributed by atoms with Crippen molar-refractivity contribution in [3.63, 3.8) is 0 Å². The maximum atomic E-state index is 10.6. The van der Waals surface area contributed by atoms with Crippen LogP contribution < -0.4 is 5.73 Å². The summed E-state index contributed by atoms with van der Waals surface area (Å²) in [5.41, 5.74) is 6.99. The van der Waals surface area contributed by atoms with Crippen molar-refractivity contribution < 1.29 is 9.90 Å². The van der Waals surface area contributed by atoms with Gasteiger partial charge in [0.25, 0.3) is 0 Å². The minimum Gasteiger partial charge on any atom is -0.481 e. The lowest BCUT2D eigenvalue weighted by atomic mass is 9.96. The van der Waals surface area contributed by atoms with Gasteiger partial charge in [-0.2, -0.15) is 0 Å². The molecule has 2 rings (SSSR count). The fourth-order valence-corrected chi connectivity index (χ4v) is 2.27. The zero-order chi connectivity index (χ0) is 13.1. The van der Waals surface area contributed by atoms with Crippen molar-refractivity contribution in [2.75, 3.05) is 0 Å². The molecule has 0 aromatic heterocycles. The van der Waals surface area contributed by atoms with Crippen molar-refractivity contribution in [1.29, 1.82) is 0 Å². The number of nitrogens with two attached hydrogens (primary N) is 1. The van der Waals surface area contributed by atoms with Gasteiger partial charge in [-0.3, -0.25) is 4.79 Å². The molecule has 0 aliphatic heterocycles. The van der Waals surface area contributed by atoms with Crippen LogP contribution in [-0.4, -0.2) is 11.1 Å². The number of carboxylic acids is 1. The molecule has 0 aliphatic carbocycles. The van der Waals surface area contributed by atoms with E-state index in [1.807, 2.05) is 30.3 Å². The SMILES string of the molecule is NC(CCC(=O)O)c1ccc(Cl)c2ccccc12. The lowest BCUT2D eigenvalue weighted by Gasteiger charge is -2.14. The van der Waals surface area contributed by atoms with Crippen molar-refractivity contribution in [3.05, 3.63) is 47.0 Å². The van der Waals surface area contributed by atoms with Crippen LogP contribution in [-0.2, 0) is 4.79 Å². The van der Waals surface area contributed by atoms with E-state index in [1.54, 1.807) is 6.07 Å². The number of rotatable bonds is 4. The molecule has 0 fully saturated rings. The molecule has 0 spiro atoms. The smallest absolute Gasteiger partial charge is 0.303 e. The second kappa shape index (κ2) is 5.38. The van der Waals surface area contributed by atoms with Gasteiger partial charge in [0.1, 0.15) is 0 Å². The number of hydrogen-bond acceptors (Lipinski definition) is 2. The molecule has 18 heavy (non-hydrogen) atoms. The summed E-state index contributed by atoms with van der Waals surface area (Å²) in [5, 5.41) is 11.3. The van der Waals surface area contributed by atoms with E-state index >= 15 is 0 Å². The molecule has 1 atom stereocenters. The second-order valence-corrected chi connectivity index (χ2v) is 4.63. The summed E-state index contributed by atoms with van der Waals surface area (Å²) >= 11 is 6.13. The minimum atomic E-state index is -0.830. The first kappa shape index (κ1) is 12.9. The predicted octanol–water partition coefficient (Wildman–Crippen LogP) is 3.36. The second-order valence-electron chi connectivity index (χ2n) is 4.22. The Hall–Kier alpha value is -1.58. The normalized spacial score (nSPS) is 12.6. The van der Waals surface area contributed by atoms with E-state index < -0.39 is 5.97 Å². The molecule has 1 unspecified atom stereocenters. The molecule has 0 amide bonds. The van der Waals surface area contributed by atoms with Gasteiger partial charge in [0.15, 0.2) is 0 Å². The Balaban J connectivity index is 2.39. The summed E-state index contributed by atoms with van der Waals surface area (Å²) in [4.78, 5) is 10.6. The molecule has 3 nitrogen and oxygen atoms in total. The van der Waals surface area contributed by atoms with Crippen LogP contribution in [0, 0.1) is 0 Å². The van der Waals surface area contributed by atoms with E-state index in [0.717, 1.165) is 16.3 Å². The summed E-state index contributed by atoms with van der Waals surface area (Å²) in [6.45, 7) is 0. The maximum Gasteiger partial charge on any atom is 0.303 e. The zero-order valence-electron chi connectivity index (χ0n) is 9.77. The topological polar surface area (TPSA) is 63.3 Å². The first-order valence-electron chi connectivity index (χ1n) is 5.74. The number of carbonyl (C=O) groups is 1. The van der Waals surface area contributed by atoms with Gasteiger partial charge in [-0.05, 0) is 23.4 Å². The Morgan fingerprint density at radius 1 is 1.22 bits per heavy atom. The fourth-order valence-electron chi connectivity index (χ4n) is 2.04. The summed E-state index contributed by atoms with van der Waals surface area (Å²) in [7, 11) is 0. The fraction of sp³-hybridized carbons (Fsp3) is 0.214. The quantitative estimate of drug-likeness (QED) is 0.889. The van der Waals surface area contributed by atoms with Crippen LogP contribution >= 0.6 is 11.6 Å². The van der Waals surface area contributed by atoms with Crippen LogP contribution in [0.15, 0.2) is 36.4 Å². The summed E-state index contributed by atoms with van der Waals surface area (Å²) < 4.78 is 0. The Bertz CT molecular complexity index is 583. The molecular weight excluding hydrogens is 250 g/mol. The summed E-state index contributed by atoms with van der Waals surface area (Å²) in [6, 6.07) is 11.1. The Labute approximate surface area is 110 Å². The Morgan fingerprint density at radius 2 is 1.89 bits per heavy atom. The molecule has 0 aliphatic rings. The number of benzene rings is 2. The number of hydrogen-bond donors (Lipinski definition) is 2. The van der Waals surface area contributed by atoms with Crippen molar-refractivity contribution in [1.82, 2.24) is 0 Å². The van der Waals surface area contributed by atoms with Crippen molar-refractivity contribution in [3.8, 4) is 0 Å².